The average molecular weight is 218 g/mol. The number of rotatable bonds is 4. The fraction of sp³-hybridized carbons (Fsp3) is 0.500. The van der Waals surface area contributed by atoms with E-state index >= 15 is 0 Å². The van der Waals surface area contributed by atoms with Gasteiger partial charge in [-0.3, -0.25) is 0 Å². The lowest BCUT2D eigenvalue weighted by molar-refractivity contribution is -0.0177. The molecule has 0 aliphatic carbocycles. The minimum Gasteiger partial charge on any atom is -0.394 e. The van der Waals surface area contributed by atoms with E-state index in [-0.39, 0.29) is 12.7 Å². The first-order valence-corrected chi connectivity index (χ1v) is 4.57. The van der Waals surface area contributed by atoms with E-state index in [0.717, 1.165) is 0 Å². The molecule has 0 aliphatic rings. The van der Waals surface area contributed by atoms with Gasteiger partial charge in [0.15, 0.2) is 0 Å². The SMILES string of the molecule is C=C.C=C.C=C.CC(O)COC(C)CO. The maximum Gasteiger partial charge on any atom is 0.0779 e. The molecule has 2 unspecified atom stereocenters. The molecule has 0 saturated carbocycles. The summed E-state index contributed by atoms with van der Waals surface area (Å²) in [5.74, 6) is 0. The molecule has 92 valence electrons. The van der Waals surface area contributed by atoms with Gasteiger partial charge in [-0.15, -0.1) is 39.5 Å². The smallest absolute Gasteiger partial charge is 0.0779 e. The van der Waals surface area contributed by atoms with Gasteiger partial charge in [-0.05, 0) is 13.8 Å². The molecule has 0 bridgehead atoms. The highest BCUT2D eigenvalue weighted by Crippen LogP contribution is 1.90. The second-order valence-electron chi connectivity index (χ2n) is 2.18. The van der Waals surface area contributed by atoms with Crippen LogP contribution in [0.4, 0.5) is 0 Å². The summed E-state index contributed by atoms with van der Waals surface area (Å²) >= 11 is 0. The van der Waals surface area contributed by atoms with Crippen LogP contribution in [0.1, 0.15) is 13.8 Å². The zero-order valence-corrected chi connectivity index (χ0v) is 10.1. The van der Waals surface area contributed by atoms with Crippen LogP contribution < -0.4 is 0 Å². The summed E-state index contributed by atoms with van der Waals surface area (Å²) in [7, 11) is 0. The van der Waals surface area contributed by atoms with Crippen molar-refractivity contribution in [1.29, 1.82) is 0 Å². The van der Waals surface area contributed by atoms with E-state index in [9.17, 15) is 0 Å². The van der Waals surface area contributed by atoms with E-state index in [2.05, 4.69) is 39.5 Å². The Kier molecular flexibility index (Phi) is 46.2. The van der Waals surface area contributed by atoms with Crippen LogP contribution in [-0.4, -0.2) is 35.6 Å². The highest BCUT2D eigenvalue weighted by molar-refractivity contribution is 4.47. The van der Waals surface area contributed by atoms with E-state index < -0.39 is 6.10 Å². The van der Waals surface area contributed by atoms with E-state index in [4.69, 9.17) is 14.9 Å². The molecular weight excluding hydrogens is 192 g/mol. The van der Waals surface area contributed by atoms with Crippen molar-refractivity contribution < 1.29 is 14.9 Å². The standard InChI is InChI=1S/C6H14O3.3C2H4/c1-5(8)4-9-6(2)3-7;3*1-2/h5-8H,3-4H2,1-2H3;3*1-2H2. The van der Waals surface area contributed by atoms with Gasteiger partial charge in [0.2, 0.25) is 0 Å². The lowest BCUT2D eigenvalue weighted by Gasteiger charge is -2.10. The molecule has 0 saturated heterocycles. The van der Waals surface area contributed by atoms with Crippen molar-refractivity contribution in [2.45, 2.75) is 26.1 Å². The Morgan fingerprint density at radius 2 is 1.33 bits per heavy atom. The van der Waals surface area contributed by atoms with Crippen molar-refractivity contribution in [3.05, 3.63) is 39.5 Å². The van der Waals surface area contributed by atoms with Gasteiger partial charge in [0, 0.05) is 0 Å². The molecule has 2 atom stereocenters. The van der Waals surface area contributed by atoms with Crippen LogP contribution in [0.3, 0.4) is 0 Å². The van der Waals surface area contributed by atoms with Crippen molar-refractivity contribution in [2.24, 2.45) is 0 Å². The van der Waals surface area contributed by atoms with Gasteiger partial charge in [0.05, 0.1) is 25.4 Å². The van der Waals surface area contributed by atoms with Crippen LogP contribution >= 0.6 is 0 Å². The molecule has 0 aromatic rings. The summed E-state index contributed by atoms with van der Waals surface area (Å²) in [6, 6.07) is 0. The maximum absolute atomic E-state index is 8.69. The van der Waals surface area contributed by atoms with E-state index in [1.54, 1.807) is 13.8 Å². The number of hydrogen-bond acceptors (Lipinski definition) is 3. The third kappa shape index (κ3) is 43.4. The zero-order chi connectivity index (χ0) is 13.3. The molecule has 15 heavy (non-hydrogen) atoms. The van der Waals surface area contributed by atoms with Crippen molar-refractivity contribution in [3.8, 4) is 0 Å². The van der Waals surface area contributed by atoms with E-state index in [1.165, 1.54) is 0 Å². The van der Waals surface area contributed by atoms with Crippen molar-refractivity contribution in [2.75, 3.05) is 13.2 Å². The summed E-state index contributed by atoms with van der Waals surface area (Å²) in [5, 5.41) is 17.1. The summed E-state index contributed by atoms with van der Waals surface area (Å²) in [4.78, 5) is 0. The van der Waals surface area contributed by atoms with E-state index in [0.29, 0.717) is 6.61 Å². The third-order valence-electron chi connectivity index (χ3n) is 0.879. The molecule has 0 fully saturated rings. The van der Waals surface area contributed by atoms with Gasteiger partial charge in [-0.1, -0.05) is 0 Å². The topological polar surface area (TPSA) is 49.7 Å². The number of hydrogen-bond donors (Lipinski definition) is 2. The van der Waals surface area contributed by atoms with Gasteiger partial charge < -0.3 is 14.9 Å². The number of aliphatic hydroxyl groups is 2. The fourth-order valence-electron chi connectivity index (χ4n) is 0.356. The molecule has 0 rings (SSSR count). The van der Waals surface area contributed by atoms with Crippen LogP contribution in [0.2, 0.25) is 0 Å². The summed E-state index contributed by atoms with van der Waals surface area (Å²) in [6.07, 6.45) is -0.612. The molecular formula is C12H26O3. The highest BCUT2D eigenvalue weighted by Gasteiger charge is 2.00. The number of ether oxygens (including phenoxy) is 1. The van der Waals surface area contributed by atoms with Gasteiger partial charge >= 0.3 is 0 Å². The normalized spacial score (nSPS) is 11.2. The van der Waals surface area contributed by atoms with Gasteiger partial charge in [-0.25, -0.2) is 0 Å². The van der Waals surface area contributed by atoms with Gasteiger partial charge in [-0.2, -0.15) is 0 Å². The predicted octanol–water partition coefficient (Wildman–Crippen LogP) is 2.17. The Morgan fingerprint density at radius 3 is 1.53 bits per heavy atom. The van der Waals surface area contributed by atoms with Crippen LogP contribution in [0.15, 0.2) is 39.5 Å². The molecule has 0 amide bonds. The predicted molar refractivity (Wildman–Crippen MR) is 67.9 cm³/mol. The molecule has 0 aromatic heterocycles. The zero-order valence-electron chi connectivity index (χ0n) is 10.1. The minimum absolute atomic E-state index is 0.00667. The monoisotopic (exact) mass is 218 g/mol. The Labute approximate surface area is 94.4 Å². The minimum atomic E-state index is -0.445. The lowest BCUT2D eigenvalue weighted by atomic mass is 10.4. The average Bonchev–Trinajstić information content (AvgIpc) is 2.33. The maximum atomic E-state index is 8.69. The van der Waals surface area contributed by atoms with E-state index in [1.807, 2.05) is 0 Å². The Morgan fingerprint density at radius 1 is 1.00 bits per heavy atom. The molecule has 2 N–H and O–H groups in total. The third-order valence-corrected chi connectivity index (χ3v) is 0.879. The molecule has 0 aliphatic heterocycles. The molecule has 0 aromatic carbocycles. The molecule has 3 nitrogen and oxygen atoms in total. The Bertz CT molecular complexity index is 90.1. The highest BCUT2D eigenvalue weighted by atomic mass is 16.5. The summed E-state index contributed by atoms with van der Waals surface area (Å²) in [5.41, 5.74) is 0. The first kappa shape index (κ1) is 23.7. The van der Waals surface area contributed by atoms with Gasteiger partial charge in [0.1, 0.15) is 0 Å². The second kappa shape index (κ2) is 29.2. The largest absolute Gasteiger partial charge is 0.394 e. The summed E-state index contributed by atoms with van der Waals surface area (Å²) in [6.45, 7) is 21.7. The van der Waals surface area contributed by atoms with Gasteiger partial charge in [0.25, 0.3) is 0 Å². The molecule has 3 heteroatoms. The quantitative estimate of drug-likeness (QED) is 0.711. The van der Waals surface area contributed by atoms with Crippen molar-refractivity contribution in [1.82, 2.24) is 0 Å². The fourth-order valence-corrected chi connectivity index (χ4v) is 0.356. The lowest BCUT2D eigenvalue weighted by Crippen LogP contribution is -2.19. The summed E-state index contributed by atoms with van der Waals surface area (Å²) < 4.78 is 4.95. The van der Waals surface area contributed by atoms with Crippen LogP contribution in [0.5, 0.6) is 0 Å². The first-order valence-electron chi connectivity index (χ1n) is 4.57. The van der Waals surface area contributed by atoms with Crippen LogP contribution in [0.25, 0.3) is 0 Å². The number of aliphatic hydroxyl groups excluding tert-OH is 2. The molecule has 0 spiro atoms. The Hall–Kier alpha value is -0.900. The van der Waals surface area contributed by atoms with Crippen molar-refractivity contribution >= 4 is 0 Å². The first-order chi connectivity index (χ1) is 7.16. The van der Waals surface area contributed by atoms with Crippen molar-refractivity contribution in [3.63, 3.8) is 0 Å². The molecule has 0 heterocycles. The van der Waals surface area contributed by atoms with Crippen LogP contribution in [0, 0.1) is 0 Å². The Balaban J connectivity index is -0.0000000860. The second-order valence-corrected chi connectivity index (χ2v) is 2.18. The molecule has 0 radical (unpaired) electrons. The van der Waals surface area contributed by atoms with Crippen LogP contribution in [-0.2, 0) is 4.74 Å².